The first-order valence-electron chi connectivity index (χ1n) is 9.63. The van der Waals surface area contributed by atoms with Crippen molar-refractivity contribution in [1.29, 1.82) is 0 Å². The third kappa shape index (κ3) is 5.95. The van der Waals surface area contributed by atoms with Gasteiger partial charge in [-0.3, -0.25) is 4.99 Å². The summed E-state index contributed by atoms with van der Waals surface area (Å²) in [5.41, 5.74) is 1.73. The van der Waals surface area contributed by atoms with Crippen LogP contribution in [-0.2, 0) is 6.54 Å². The molecule has 0 bridgehead atoms. The summed E-state index contributed by atoms with van der Waals surface area (Å²) in [6.07, 6.45) is -4.35. The minimum atomic E-state index is -4.35. The summed E-state index contributed by atoms with van der Waals surface area (Å²) >= 11 is 0. The van der Waals surface area contributed by atoms with Gasteiger partial charge in [0.25, 0.3) is 0 Å². The molecule has 0 aliphatic carbocycles. The van der Waals surface area contributed by atoms with Crippen LogP contribution in [0.1, 0.15) is 5.56 Å². The topological polar surface area (TPSA) is 60.3 Å². The van der Waals surface area contributed by atoms with E-state index in [9.17, 15) is 18.3 Å². The highest BCUT2D eigenvalue weighted by molar-refractivity contribution is 5.80. The van der Waals surface area contributed by atoms with Gasteiger partial charge in [0, 0.05) is 39.8 Å². The number of aromatic hydroxyl groups is 1. The van der Waals surface area contributed by atoms with E-state index in [1.807, 2.05) is 12.1 Å². The molecule has 0 atom stereocenters. The number of ether oxygens (including phenoxy) is 1. The number of aliphatic imine (C=N–C) groups is 1. The fraction of sp³-hybridized carbons (Fsp3) is 0.381. The van der Waals surface area contributed by atoms with Crippen molar-refractivity contribution < 1.29 is 23.0 Å². The number of hydrogen-bond donors (Lipinski definition) is 2. The number of nitrogens with one attached hydrogen (secondary N) is 1. The molecule has 9 heteroatoms. The maximum absolute atomic E-state index is 12.2. The van der Waals surface area contributed by atoms with Gasteiger partial charge in [-0.05, 0) is 29.8 Å². The van der Waals surface area contributed by atoms with Gasteiger partial charge in [-0.15, -0.1) is 0 Å². The van der Waals surface area contributed by atoms with Crippen LogP contribution in [0.3, 0.4) is 0 Å². The largest absolute Gasteiger partial charge is 0.506 e. The van der Waals surface area contributed by atoms with Crippen molar-refractivity contribution >= 4 is 11.6 Å². The SMILES string of the molecule is CN=C(NCc1ccc(OCC(F)(F)F)cc1)N1CCN(c2ccccc2O)CC1. The summed E-state index contributed by atoms with van der Waals surface area (Å²) in [6.45, 7) is 2.19. The van der Waals surface area contributed by atoms with Gasteiger partial charge in [0.2, 0.25) is 0 Å². The second-order valence-corrected chi connectivity index (χ2v) is 6.91. The maximum Gasteiger partial charge on any atom is 0.422 e. The van der Waals surface area contributed by atoms with Crippen molar-refractivity contribution in [2.75, 3.05) is 44.7 Å². The zero-order valence-electron chi connectivity index (χ0n) is 16.7. The van der Waals surface area contributed by atoms with Crippen molar-refractivity contribution in [2.24, 2.45) is 4.99 Å². The molecular weight excluding hydrogens is 397 g/mol. The predicted octanol–water partition coefficient (Wildman–Crippen LogP) is 3.23. The Hall–Kier alpha value is -3.10. The Morgan fingerprint density at radius 2 is 1.73 bits per heavy atom. The molecule has 3 rings (SSSR count). The summed E-state index contributed by atoms with van der Waals surface area (Å²) in [4.78, 5) is 8.60. The fourth-order valence-electron chi connectivity index (χ4n) is 3.27. The van der Waals surface area contributed by atoms with Gasteiger partial charge >= 0.3 is 6.18 Å². The number of phenolic OH excluding ortho intramolecular Hbond substituents is 1. The summed E-state index contributed by atoms with van der Waals surface area (Å²) in [7, 11) is 1.71. The van der Waals surface area contributed by atoms with Crippen LogP contribution in [-0.4, -0.2) is 62.0 Å². The summed E-state index contributed by atoms with van der Waals surface area (Å²) in [5.74, 6) is 1.21. The molecule has 162 valence electrons. The fourth-order valence-corrected chi connectivity index (χ4v) is 3.27. The Bertz CT molecular complexity index is 848. The molecule has 0 amide bonds. The molecule has 1 heterocycles. The lowest BCUT2D eigenvalue weighted by molar-refractivity contribution is -0.153. The first kappa shape index (κ1) is 21.6. The molecule has 0 aromatic heterocycles. The Morgan fingerprint density at radius 3 is 2.33 bits per heavy atom. The highest BCUT2D eigenvalue weighted by atomic mass is 19.4. The molecule has 30 heavy (non-hydrogen) atoms. The van der Waals surface area contributed by atoms with E-state index < -0.39 is 12.8 Å². The average molecular weight is 422 g/mol. The van der Waals surface area contributed by atoms with Crippen molar-refractivity contribution in [2.45, 2.75) is 12.7 Å². The number of anilines is 1. The first-order valence-corrected chi connectivity index (χ1v) is 9.63. The number of para-hydroxylation sites is 2. The van der Waals surface area contributed by atoms with Crippen LogP contribution in [0.4, 0.5) is 18.9 Å². The second kappa shape index (κ2) is 9.60. The maximum atomic E-state index is 12.2. The minimum Gasteiger partial charge on any atom is -0.506 e. The van der Waals surface area contributed by atoms with Crippen LogP contribution >= 0.6 is 0 Å². The van der Waals surface area contributed by atoms with E-state index in [-0.39, 0.29) is 11.5 Å². The smallest absolute Gasteiger partial charge is 0.422 e. The molecule has 1 fully saturated rings. The first-order chi connectivity index (χ1) is 14.4. The van der Waals surface area contributed by atoms with E-state index in [1.54, 1.807) is 31.3 Å². The van der Waals surface area contributed by atoms with Crippen LogP contribution in [0.15, 0.2) is 53.5 Å². The highest BCUT2D eigenvalue weighted by Crippen LogP contribution is 2.27. The summed E-state index contributed by atoms with van der Waals surface area (Å²) in [5, 5.41) is 13.3. The Kier molecular flexibility index (Phi) is 6.91. The van der Waals surface area contributed by atoms with E-state index >= 15 is 0 Å². The number of alkyl halides is 3. The minimum absolute atomic E-state index is 0.181. The molecule has 1 saturated heterocycles. The van der Waals surface area contributed by atoms with E-state index in [4.69, 9.17) is 4.74 Å². The van der Waals surface area contributed by atoms with Gasteiger partial charge in [0.1, 0.15) is 11.5 Å². The lowest BCUT2D eigenvalue weighted by Gasteiger charge is -2.37. The van der Waals surface area contributed by atoms with E-state index in [0.717, 1.165) is 43.4 Å². The monoisotopic (exact) mass is 422 g/mol. The van der Waals surface area contributed by atoms with Crippen LogP contribution in [0.5, 0.6) is 11.5 Å². The van der Waals surface area contributed by atoms with Gasteiger partial charge in [-0.2, -0.15) is 13.2 Å². The van der Waals surface area contributed by atoms with Crippen molar-refractivity contribution in [3.05, 3.63) is 54.1 Å². The number of halogens is 3. The average Bonchev–Trinajstić information content (AvgIpc) is 2.74. The molecular formula is C21H25F3N4O2. The lowest BCUT2D eigenvalue weighted by Crippen LogP contribution is -2.52. The lowest BCUT2D eigenvalue weighted by atomic mass is 10.2. The van der Waals surface area contributed by atoms with Crippen LogP contribution in [0.25, 0.3) is 0 Å². The number of guanidine groups is 1. The van der Waals surface area contributed by atoms with Gasteiger partial charge in [-0.25, -0.2) is 0 Å². The van der Waals surface area contributed by atoms with Crippen LogP contribution in [0, 0.1) is 0 Å². The third-order valence-electron chi connectivity index (χ3n) is 4.79. The van der Waals surface area contributed by atoms with Crippen LogP contribution < -0.4 is 15.0 Å². The molecule has 2 aromatic rings. The number of hydrogen-bond acceptors (Lipinski definition) is 4. The van der Waals surface area contributed by atoms with Crippen molar-refractivity contribution in [3.63, 3.8) is 0 Å². The number of rotatable bonds is 5. The molecule has 2 N–H and O–H groups in total. The van der Waals surface area contributed by atoms with E-state index in [2.05, 4.69) is 20.1 Å². The zero-order chi connectivity index (χ0) is 21.6. The molecule has 0 saturated carbocycles. The van der Waals surface area contributed by atoms with Gasteiger partial charge in [0.05, 0.1) is 5.69 Å². The molecule has 2 aromatic carbocycles. The number of piperazine rings is 1. The van der Waals surface area contributed by atoms with Gasteiger partial charge < -0.3 is 25.0 Å². The molecule has 6 nitrogen and oxygen atoms in total. The molecule has 0 spiro atoms. The second-order valence-electron chi connectivity index (χ2n) is 6.91. The van der Waals surface area contributed by atoms with Crippen molar-refractivity contribution in [1.82, 2.24) is 10.2 Å². The van der Waals surface area contributed by atoms with Gasteiger partial charge in [-0.1, -0.05) is 24.3 Å². The summed E-state index contributed by atoms with van der Waals surface area (Å²) < 4.78 is 41.4. The number of phenols is 1. The standard InChI is InChI=1S/C21H25F3N4O2/c1-25-20(26-14-16-6-8-17(9-7-16)30-15-21(22,23)24)28-12-10-27(11-13-28)18-4-2-3-5-19(18)29/h2-9,29H,10-15H2,1H3,(H,25,26). The normalized spacial score (nSPS) is 15.3. The predicted molar refractivity (Wildman–Crippen MR) is 110 cm³/mol. The third-order valence-corrected chi connectivity index (χ3v) is 4.79. The molecule has 0 radical (unpaired) electrons. The Balaban J connectivity index is 1.49. The quantitative estimate of drug-likeness (QED) is 0.572. The molecule has 0 unspecified atom stereocenters. The number of nitrogens with zero attached hydrogens (tertiary/aromatic N) is 3. The summed E-state index contributed by atoms with van der Waals surface area (Å²) in [6, 6.07) is 13.8. The number of benzene rings is 2. The molecule has 1 aliphatic heterocycles. The van der Waals surface area contributed by atoms with Crippen molar-refractivity contribution in [3.8, 4) is 11.5 Å². The Labute approximate surface area is 173 Å². The van der Waals surface area contributed by atoms with Crippen LogP contribution in [0.2, 0.25) is 0 Å². The zero-order valence-corrected chi connectivity index (χ0v) is 16.7. The van der Waals surface area contributed by atoms with Gasteiger partial charge in [0.15, 0.2) is 12.6 Å². The Morgan fingerprint density at radius 1 is 1.07 bits per heavy atom. The van der Waals surface area contributed by atoms with E-state index in [0.29, 0.717) is 6.54 Å². The molecule has 1 aliphatic rings. The highest BCUT2D eigenvalue weighted by Gasteiger charge is 2.28. The van der Waals surface area contributed by atoms with E-state index in [1.165, 1.54) is 12.1 Å².